The van der Waals surface area contributed by atoms with Gasteiger partial charge in [-0.1, -0.05) is 24.3 Å². The van der Waals surface area contributed by atoms with E-state index in [0.29, 0.717) is 12.2 Å². The minimum absolute atomic E-state index is 0.192. The van der Waals surface area contributed by atoms with Crippen LogP contribution in [-0.4, -0.2) is 37.4 Å². The quantitative estimate of drug-likeness (QED) is 0.195. The summed E-state index contributed by atoms with van der Waals surface area (Å²) in [6, 6.07) is 8.62. The van der Waals surface area contributed by atoms with Crippen LogP contribution in [0.1, 0.15) is 40.5 Å². The van der Waals surface area contributed by atoms with Gasteiger partial charge < -0.3 is 18.9 Å². The molecule has 0 fully saturated rings. The molecule has 0 amide bonds. The van der Waals surface area contributed by atoms with Crippen molar-refractivity contribution in [3.05, 3.63) is 42.0 Å². The van der Waals surface area contributed by atoms with Crippen LogP contribution in [0.3, 0.4) is 0 Å². The summed E-state index contributed by atoms with van der Waals surface area (Å²) in [7, 11) is 0. The molecule has 28 heavy (non-hydrogen) atoms. The molecule has 0 heterocycles. The average molecular weight is 392 g/mol. The Kier molecular flexibility index (Phi) is 10.4. The Balaban J connectivity index is 2.56. The van der Waals surface area contributed by atoms with Gasteiger partial charge in [0.25, 0.3) is 0 Å². The first-order valence-corrected chi connectivity index (χ1v) is 9.32. The normalized spacial score (nSPS) is 12.2. The predicted molar refractivity (Wildman–Crippen MR) is 103 cm³/mol. The molecule has 0 aliphatic heterocycles. The molecular formula is C21H28O7. The van der Waals surface area contributed by atoms with E-state index in [9.17, 15) is 14.4 Å². The maximum absolute atomic E-state index is 12.0. The molecule has 0 aliphatic rings. The lowest BCUT2D eigenvalue weighted by molar-refractivity contribution is -0.161. The van der Waals surface area contributed by atoms with Crippen molar-refractivity contribution in [2.75, 3.05) is 13.2 Å². The molecule has 0 bridgehead atoms. The fraction of sp³-hybridized carbons (Fsp3) is 0.476. The standard InChI is InChI=1S/C21H28O7/c1-5-25-19(22)18(20(23)26-6-2)14-10-11-15(3)16(4)27-21(24)28-17-12-8-7-9-13-17/h7-9,11-13,16,18H,5-6,10,14H2,1-4H3/b15-11+/t16-/m0/s1. The molecule has 0 saturated heterocycles. The molecule has 1 aromatic carbocycles. The first-order valence-electron chi connectivity index (χ1n) is 9.32. The van der Waals surface area contributed by atoms with Gasteiger partial charge in [-0.05, 0) is 58.2 Å². The summed E-state index contributed by atoms with van der Waals surface area (Å²) in [5.41, 5.74) is 0.775. The zero-order valence-electron chi connectivity index (χ0n) is 16.8. The lowest BCUT2D eigenvalue weighted by Gasteiger charge is -2.15. The summed E-state index contributed by atoms with van der Waals surface area (Å²) in [5.74, 6) is -1.76. The molecule has 0 saturated carbocycles. The fourth-order valence-corrected chi connectivity index (χ4v) is 2.31. The van der Waals surface area contributed by atoms with Crippen molar-refractivity contribution in [2.24, 2.45) is 5.92 Å². The highest BCUT2D eigenvalue weighted by Crippen LogP contribution is 2.16. The number of ether oxygens (including phenoxy) is 4. The van der Waals surface area contributed by atoms with E-state index in [2.05, 4.69) is 0 Å². The van der Waals surface area contributed by atoms with Gasteiger partial charge in [0.2, 0.25) is 0 Å². The van der Waals surface area contributed by atoms with Gasteiger partial charge in [0.1, 0.15) is 11.9 Å². The molecule has 7 heteroatoms. The number of carbonyl (C=O) groups excluding carboxylic acids is 3. The number of carbonyl (C=O) groups is 3. The Hall–Kier alpha value is -2.83. The van der Waals surface area contributed by atoms with E-state index < -0.39 is 30.1 Å². The Morgan fingerprint density at radius 3 is 2.11 bits per heavy atom. The Labute approximate surface area is 165 Å². The summed E-state index contributed by atoms with van der Waals surface area (Å²) < 4.78 is 20.2. The Bertz CT molecular complexity index is 649. The van der Waals surface area contributed by atoms with Crippen LogP contribution < -0.4 is 4.74 Å². The molecule has 0 spiro atoms. The molecule has 7 nitrogen and oxygen atoms in total. The summed E-state index contributed by atoms with van der Waals surface area (Å²) in [6.07, 6.45) is 1.17. The molecule has 0 aromatic heterocycles. The van der Waals surface area contributed by atoms with Crippen LogP contribution >= 0.6 is 0 Å². The monoisotopic (exact) mass is 392 g/mol. The van der Waals surface area contributed by atoms with Gasteiger partial charge in [0.05, 0.1) is 13.2 Å². The highest BCUT2D eigenvalue weighted by molar-refractivity contribution is 5.94. The van der Waals surface area contributed by atoms with Gasteiger partial charge in [-0.2, -0.15) is 0 Å². The number of rotatable bonds is 10. The van der Waals surface area contributed by atoms with Crippen molar-refractivity contribution in [1.29, 1.82) is 0 Å². The van der Waals surface area contributed by atoms with Crippen molar-refractivity contribution in [2.45, 2.75) is 46.6 Å². The van der Waals surface area contributed by atoms with Crippen LogP contribution in [0, 0.1) is 5.92 Å². The van der Waals surface area contributed by atoms with Crippen LogP contribution in [0.5, 0.6) is 5.75 Å². The van der Waals surface area contributed by atoms with E-state index in [1.807, 2.05) is 12.1 Å². The Morgan fingerprint density at radius 2 is 1.57 bits per heavy atom. The molecule has 0 unspecified atom stereocenters. The van der Waals surface area contributed by atoms with Gasteiger partial charge in [0.15, 0.2) is 5.92 Å². The Morgan fingerprint density at radius 1 is 1.00 bits per heavy atom. The smallest absolute Gasteiger partial charge is 0.465 e. The second-order valence-corrected chi connectivity index (χ2v) is 6.01. The lowest BCUT2D eigenvalue weighted by Crippen LogP contribution is -2.28. The van der Waals surface area contributed by atoms with Gasteiger partial charge in [-0.3, -0.25) is 9.59 Å². The summed E-state index contributed by atoms with van der Waals surface area (Å²) in [6.45, 7) is 7.25. The molecule has 0 N–H and O–H groups in total. The van der Waals surface area contributed by atoms with Gasteiger partial charge >= 0.3 is 18.1 Å². The van der Waals surface area contributed by atoms with Crippen LogP contribution in [0.2, 0.25) is 0 Å². The lowest BCUT2D eigenvalue weighted by atomic mass is 10.0. The first kappa shape index (κ1) is 23.2. The third-order valence-electron chi connectivity index (χ3n) is 3.92. The zero-order valence-corrected chi connectivity index (χ0v) is 16.8. The van der Waals surface area contributed by atoms with E-state index in [-0.39, 0.29) is 19.6 Å². The van der Waals surface area contributed by atoms with Crippen LogP contribution in [0.15, 0.2) is 42.0 Å². The van der Waals surface area contributed by atoms with Crippen molar-refractivity contribution in [3.63, 3.8) is 0 Å². The van der Waals surface area contributed by atoms with E-state index >= 15 is 0 Å². The van der Waals surface area contributed by atoms with Crippen molar-refractivity contribution in [3.8, 4) is 5.75 Å². The average Bonchev–Trinajstić information content (AvgIpc) is 2.65. The maximum Gasteiger partial charge on any atom is 0.514 e. The molecule has 154 valence electrons. The SMILES string of the molecule is CCOC(=O)C(CC/C=C(\C)[C@H](C)OC(=O)Oc1ccccc1)C(=O)OCC. The minimum Gasteiger partial charge on any atom is -0.465 e. The van der Waals surface area contributed by atoms with E-state index in [1.54, 1.807) is 52.0 Å². The largest absolute Gasteiger partial charge is 0.514 e. The summed E-state index contributed by atoms with van der Waals surface area (Å²) in [4.78, 5) is 35.8. The third kappa shape index (κ3) is 8.24. The third-order valence-corrected chi connectivity index (χ3v) is 3.92. The maximum atomic E-state index is 12.0. The highest BCUT2D eigenvalue weighted by Gasteiger charge is 2.28. The van der Waals surface area contributed by atoms with Crippen LogP contribution in [0.4, 0.5) is 4.79 Å². The van der Waals surface area contributed by atoms with Crippen molar-refractivity contribution in [1.82, 2.24) is 0 Å². The fourth-order valence-electron chi connectivity index (χ4n) is 2.31. The highest BCUT2D eigenvalue weighted by atomic mass is 16.7. The molecule has 1 atom stereocenters. The predicted octanol–water partition coefficient (Wildman–Crippen LogP) is 4.06. The van der Waals surface area contributed by atoms with Gasteiger partial charge in [-0.25, -0.2) is 4.79 Å². The number of esters is 2. The zero-order chi connectivity index (χ0) is 20.9. The van der Waals surface area contributed by atoms with Gasteiger partial charge in [0, 0.05) is 0 Å². The summed E-state index contributed by atoms with van der Waals surface area (Å²) in [5, 5.41) is 0. The first-order chi connectivity index (χ1) is 13.4. The molecule has 1 rings (SSSR count). The van der Waals surface area contributed by atoms with E-state index in [4.69, 9.17) is 18.9 Å². The van der Waals surface area contributed by atoms with Crippen LogP contribution in [-0.2, 0) is 23.8 Å². The summed E-state index contributed by atoms with van der Waals surface area (Å²) >= 11 is 0. The number of hydrogen-bond donors (Lipinski definition) is 0. The van der Waals surface area contributed by atoms with Crippen molar-refractivity contribution >= 4 is 18.1 Å². The number of benzene rings is 1. The number of allylic oxidation sites excluding steroid dienone is 1. The van der Waals surface area contributed by atoms with E-state index in [1.165, 1.54) is 0 Å². The van der Waals surface area contributed by atoms with Crippen LogP contribution in [0.25, 0.3) is 0 Å². The molecule has 1 aromatic rings. The van der Waals surface area contributed by atoms with E-state index in [0.717, 1.165) is 5.57 Å². The minimum atomic E-state index is -0.969. The molecular weight excluding hydrogens is 364 g/mol. The second-order valence-electron chi connectivity index (χ2n) is 6.01. The number of para-hydroxylation sites is 1. The van der Waals surface area contributed by atoms with Crippen molar-refractivity contribution < 1.29 is 33.3 Å². The van der Waals surface area contributed by atoms with Gasteiger partial charge in [-0.15, -0.1) is 0 Å². The molecule has 0 radical (unpaired) electrons. The molecule has 0 aliphatic carbocycles. The topological polar surface area (TPSA) is 88.1 Å². The number of hydrogen-bond acceptors (Lipinski definition) is 7. The second kappa shape index (κ2) is 12.5.